The van der Waals surface area contributed by atoms with Gasteiger partial charge in [0.2, 0.25) is 0 Å². The van der Waals surface area contributed by atoms with Crippen molar-refractivity contribution in [3.8, 4) is 0 Å². The molecule has 1 aliphatic heterocycles. The monoisotopic (exact) mass is 162 g/mol. The first-order chi connectivity index (χ1) is 5.07. The van der Waals surface area contributed by atoms with Crippen LogP contribution in [0, 0.1) is 0 Å². The molecule has 1 heterocycles. The van der Waals surface area contributed by atoms with Crippen molar-refractivity contribution < 1.29 is 24.5 Å². The zero-order chi connectivity index (χ0) is 8.85. The summed E-state index contributed by atoms with van der Waals surface area (Å²) in [6.45, 7) is 1.46. The quantitative estimate of drug-likeness (QED) is 0.528. The number of epoxide rings is 1. The number of carbonyl (C=O) groups excluding carboxylic acids is 1. The maximum Gasteiger partial charge on any atom is 0.347 e. The van der Waals surface area contributed by atoms with Crippen molar-refractivity contribution in [2.45, 2.75) is 19.4 Å². The van der Waals surface area contributed by atoms with Gasteiger partial charge in [-0.3, -0.25) is 4.79 Å². The van der Waals surface area contributed by atoms with Gasteiger partial charge in [-0.25, -0.2) is 4.79 Å². The highest BCUT2D eigenvalue weighted by Gasteiger charge is 2.31. The summed E-state index contributed by atoms with van der Waals surface area (Å²) in [4.78, 5) is 19.1. The van der Waals surface area contributed by atoms with Gasteiger partial charge in [0, 0.05) is 0 Å². The zero-order valence-electron chi connectivity index (χ0n) is 6.11. The Morgan fingerprint density at radius 1 is 1.73 bits per heavy atom. The highest BCUT2D eigenvalue weighted by molar-refractivity contribution is 5.86. The first-order valence-corrected chi connectivity index (χ1v) is 3.11. The lowest BCUT2D eigenvalue weighted by molar-refractivity contribution is -0.137. The number of carbonyl (C=O) groups is 2. The SMILES string of the molecule is CC1OC1=O.O=C(O)CCO. The van der Waals surface area contributed by atoms with E-state index in [9.17, 15) is 9.59 Å². The standard InChI is InChI=1S/C3H6O3.C3H4O2/c4-2-1-3(5)6;1-2-3(4)5-2/h4H,1-2H2,(H,5,6);2H,1H3. The third kappa shape index (κ3) is 6.79. The van der Waals surface area contributed by atoms with Crippen molar-refractivity contribution in [1.82, 2.24) is 0 Å². The van der Waals surface area contributed by atoms with E-state index in [1.54, 1.807) is 6.92 Å². The van der Waals surface area contributed by atoms with E-state index in [1.807, 2.05) is 0 Å². The zero-order valence-corrected chi connectivity index (χ0v) is 6.11. The fourth-order valence-corrected chi connectivity index (χ4v) is 0.236. The van der Waals surface area contributed by atoms with Crippen molar-refractivity contribution in [2.75, 3.05) is 6.61 Å². The molecule has 0 aromatic heterocycles. The van der Waals surface area contributed by atoms with Crippen molar-refractivity contribution in [2.24, 2.45) is 0 Å². The number of aliphatic carboxylic acids is 1. The Balaban J connectivity index is 0.000000183. The Bertz CT molecular complexity index is 153. The van der Waals surface area contributed by atoms with E-state index in [-0.39, 0.29) is 25.1 Å². The van der Waals surface area contributed by atoms with Gasteiger partial charge < -0.3 is 14.9 Å². The Hall–Kier alpha value is -1.10. The summed E-state index contributed by atoms with van der Waals surface area (Å²) in [6.07, 6.45) is -0.241. The van der Waals surface area contributed by atoms with E-state index in [4.69, 9.17) is 10.2 Å². The molecule has 1 saturated heterocycles. The van der Waals surface area contributed by atoms with Crippen LogP contribution in [-0.2, 0) is 14.3 Å². The van der Waals surface area contributed by atoms with Crippen LogP contribution < -0.4 is 0 Å². The summed E-state index contributed by atoms with van der Waals surface area (Å²) >= 11 is 0. The lowest BCUT2D eigenvalue weighted by Gasteiger charge is -1.79. The Labute approximate surface area is 63.6 Å². The van der Waals surface area contributed by atoms with Crippen LogP contribution in [0.3, 0.4) is 0 Å². The minimum atomic E-state index is -0.961. The molecule has 64 valence electrons. The molecule has 0 aliphatic carbocycles. The number of carboxylic acid groups (broad SMARTS) is 1. The number of cyclic esters (lactones) is 1. The number of aliphatic hydroxyl groups is 1. The molecule has 2 N–H and O–H groups in total. The number of carboxylic acids is 1. The molecule has 5 heteroatoms. The maximum absolute atomic E-state index is 9.66. The summed E-state index contributed by atoms with van der Waals surface area (Å²) in [5.74, 6) is -1.04. The van der Waals surface area contributed by atoms with Crippen molar-refractivity contribution in [3.63, 3.8) is 0 Å². The van der Waals surface area contributed by atoms with Crippen LogP contribution in [0.1, 0.15) is 13.3 Å². The second kappa shape index (κ2) is 4.68. The lowest BCUT2D eigenvalue weighted by Crippen LogP contribution is -1.96. The molecule has 5 nitrogen and oxygen atoms in total. The Morgan fingerprint density at radius 2 is 2.09 bits per heavy atom. The van der Waals surface area contributed by atoms with Crippen LogP contribution in [0.2, 0.25) is 0 Å². The van der Waals surface area contributed by atoms with Crippen LogP contribution in [0.4, 0.5) is 0 Å². The molecule has 1 atom stereocenters. The van der Waals surface area contributed by atoms with Crippen LogP contribution in [0.5, 0.6) is 0 Å². The second-order valence-corrected chi connectivity index (χ2v) is 1.95. The number of ether oxygens (including phenoxy) is 1. The third-order valence-corrected chi connectivity index (χ3v) is 0.893. The summed E-state index contributed by atoms with van der Waals surface area (Å²) in [7, 11) is 0. The molecule has 0 aromatic carbocycles. The van der Waals surface area contributed by atoms with E-state index in [0.29, 0.717) is 0 Å². The first kappa shape index (κ1) is 9.90. The van der Waals surface area contributed by atoms with Gasteiger partial charge in [-0.05, 0) is 6.92 Å². The number of hydrogen-bond acceptors (Lipinski definition) is 4. The highest BCUT2D eigenvalue weighted by atomic mass is 16.6. The molecule has 0 saturated carbocycles. The molecule has 0 radical (unpaired) electrons. The van der Waals surface area contributed by atoms with Gasteiger partial charge in [0.1, 0.15) is 0 Å². The Kier molecular flexibility index (Phi) is 4.21. The molecular formula is C6H10O5. The largest absolute Gasteiger partial charge is 0.481 e. The summed E-state index contributed by atoms with van der Waals surface area (Å²) < 4.78 is 4.28. The van der Waals surface area contributed by atoms with E-state index >= 15 is 0 Å². The van der Waals surface area contributed by atoms with Gasteiger partial charge in [-0.15, -0.1) is 0 Å². The molecule has 0 aromatic rings. The molecule has 1 fully saturated rings. The summed E-state index contributed by atoms with van der Waals surface area (Å²) in [6, 6.07) is 0. The van der Waals surface area contributed by atoms with Crippen LogP contribution in [0.25, 0.3) is 0 Å². The molecule has 1 aliphatic rings. The smallest absolute Gasteiger partial charge is 0.347 e. The number of aliphatic hydroxyl groups excluding tert-OH is 1. The molecule has 1 unspecified atom stereocenters. The second-order valence-electron chi connectivity index (χ2n) is 1.95. The normalized spacial score (nSPS) is 19.5. The molecule has 0 bridgehead atoms. The minimum absolute atomic E-state index is 0.0787. The van der Waals surface area contributed by atoms with E-state index < -0.39 is 5.97 Å². The van der Waals surface area contributed by atoms with Crippen LogP contribution in [-0.4, -0.2) is 34.9 Å². The van der Waals surface area contributed by atoms with Gasteiger partial charge in [0.15, 0.2) is 6.10 Å². The van der Waals surface area contributed by atoms with E-state index in [0.717, 1.165) is 0 Å². The average Bonchev–Trinajstić information content (AvgIpc) is 2.46. The van der Waals surface area contributed by atoms with Crippen molar-refractivity contribution in [1.29, 1.82) is 0 Å². The fourth-order valence-electron chi connectivity index (χ4n) is 0.236. The Morgan fingerprint density at radius 3 is 2.09 bits per heavy atom. The molecular weight excluding hydrogens is 152 g/mol. The predicted molar refractivity (Wildman–Crippen MR) is 34.9 cm³/mol. The molecule has 0 amide bonds. The third-order valence-electron chi connectivity index (χ3n) is 0.893. The minimum Gasteiger partial charge on any atom is -0.481 e. The van der Waals surface area contributed by atoms with Gasteiger partial charge in [-0.2, -0.15) is 0 Å². The van der Waals surface area contributed by atoms with E-state index in [1.165, 1.54) is 0 Å². The van der Waals surface area contributed by atoms with E-state index in [2.05, 4.69) is 4.74 Å². The lowest BCUT2D eigenvalue weighted by atomic mass is 10.5. The maximum atomic E-state index is 9.66. The fraction of sp³-hybridized carbons (Fsp3) is 0.667. The summed E-state index contributed by atoms with van der Waals surface area (Å²) in [5.41, 5.74) is 0. The van der Waals surface area contributed by atoms with Crippen molar-refractivity contribution >= 4 is 11.9 Å². The summed E-state index contributed by atoms with van der Waals surface area (Å²) in [5, 5.41) is 15.6. The van der Waals surface area contributed by atoms with Gasteiger partial charge >= 0.3 is 11.9 Å². The van der Waals surface area contributed by atoms with Crippen LogP contribution in [0.15, 0.2) is 0 Å². The van der Waals surface area contributed by atoms with Gasteiger partial charge in [-0.1, -0.05) is 0 Å². The first-order valence-electron chi connectivity index (χ1n) is 3.11. The molecule has 0 spiro atoms. The van der Waals surface area contributed by atoms with Crippen LogP contribution >= 0.6 is 0 Å². The topological polar surface area (TPSA) is 87.1 Å². The van der Waals surface area contributed by atoms with Gasteiger partial charge in [0.25, 0.3) is 0 Å². The van der Waals surface area contributed by atoms with Crippen molar-refractivity contribution in [3.05, 3.63) is 0 Å². The highest BCUT2D eigenvalue weighted by Crippen LogP contribution is 2.08. The average molecular weight is 162 g/mol. The molecule has 11 heavy (non-hydrogen) atoms. The molecule has 1 rings (SSSR count). The number of rotatable bonds is 2. The van der Waals surface area contributed by atoms with Gasteiger partial charge in [0.05, 0.1) is 13.0 Å². The predicted octanol–water partition coefficient (Wildman–Crippen LogP) is -0.615. The number of hydrogen-bond donors (Lipinski definition) is 2.